The zero-order chi connectivity index (χ0) is 14.8. The lowest BCUT2D eigenvalue weighted by atomic mass is 10.0. The first-order valence-electron chi connectivity index (χ1n) is 6.91. The van der Waals surface area contributed by atoms with Crippen LogP contribution in [0.3, 0.4) is 0 Å². The molecule has 21 heavy (non-hydrogen) atoms. The number of fused-ring (bicyclic) bond motifs is 1. The summed E-state index contributed by atoms with van der Waals surface area (Å²) in [4.78, 5) is 4.13. The van der Waals surface area contributed by atoms with Gasteiger partial charge >= 0.3 is 0 Å². The van der Waals surface area contributed by atoms with E-state index in [2.05, 4.69) is 4.98 Å². The Morgan fingerprint density at radius 3 is 2.81 bits per heavy atom. The van der Waals surface area contributed by atoms with Gasteiger partial charge in [0.25, 0.3) is 0 Å². The number of aliphatic hydroxyl groups excluding tert-OH is 1. The van der Waals surface area contributed by atoms with Gasteiger partial charge in [0, 0.05) is 22.7 Å². The molecule has 0 spiro atoms. The van der Waals surface area contributed by atoms with Crippen LogP contribution >= 0.6 is 0 Å². The van der Waals surface area contributed by atoms with Crippen LogP contribution in [-0.4, -0.2) is 16.2 Å². The summed E-state index contributed by atoms with van der Waals surface area (Å²) in [6.45, 7) is 3.90. The van der Waals surface area contributed by atoms with Crippen LogP contribution in [0, 0.1) is 0 Å². The Hall–Kier alpha value is -2.33. The smallest absolute Gasteiger partial charge is 0.138 e. The van der Waals surface area contributed by atoms with Crippen LogP contribution in [0.4, 0.5) is 0 Å². The average Bonchev–Trinajstić information content (AvgIpc) is 2.90. The van der Waals surface area contributed by atoms with Crippen molar-refractivity contribution in [2.24, 2.45) is 0 Å². The van der Waals surface area contributed by atoms with E-state index in [4.69, 9.17) is 9.15 Å². The van der Waals surface area contributed by atoms with Crippen LogP contribution in [0.15, 0.2) is 53.4 Å². The monoisotopic (exact) mass is 283 g/mol. The Labute approximate surface area is 123 Å². The van der Waals surface area contributed by atoms with E-state index in [0.29, 0.717) is 11.3 Å². The second kappa shape index (κ2) is 5.58. The maximum Gasteiger partial charge on any atom is 0.138 e. The van der Waals surface area contributed by atoms with Crippen molar-refractivity contribution in [2.75, 3.05) is 0 Å². The molecule has 0 aliphatic carbocycles. The summed E-state index contributed by atoms with van der Waals surface area (Å²) in [5.74, 6) is 0.648. The van der Waals surface area contributed by atoms with Crippen LogP contribution < -0.4 is 4.74 Å². The number of para-hydroxylation sites is 1. The van der Waals surface area contributed by atoms with E-state index in [0.717, 1.165) is 16.5 Å². The second-order valence-electron chi connectivity index (χ2n) is 5.21. The number of furan rings is 1. The summed E-state index contributed by atoms with van der Waals surface area (Å²) in [5.41, 5.74) is 2.17. The van der Waals surface area contributed by atoms with Crippen molar-refractivity contribution < 1.29 is 14.3 Å². The summed E-state index contributed by atoms with van der Waals surface area (Å²) in [7, 11) is 0. The highest BCUT2D eigenvalue weighted by molar-refractivity contribution is 5.81. The number of rotatable bonds is 4. The molecule has 1 aromatic carbocycles. The van der Waals surface area contributed by atoms with Crippen LogP contribution in [0.25, 0.3) is 11.0 Å². The topological polar surface area (TPSA) is 55.5 Å². The van der Waals surface area contributed by atoms with Gasteiger partial charge in [0.15, 0.2) is 0 Å². The van der Waals surface area contributed by atoms with Gasteiger partial charge < -0.3 is 14.3 Å². The van der Waals surface area contributed by atoms with Crippen molar-refractivity contribution in [1.82, 2.24) is 4.98 Å². The summed E-state index contributed by atoms with van der Waals surface area (Å²) in [5, 5.41) is 11.5. The first-order valence-corrected chi connectivity index (χ1v) is 6.91. The van der Waals surface area contributed by atoms with E-state index in [9.17, 15) is 5.11 Å². The quantitative estimate of drug-likeness (QED) is 0.793. The fraction of sp³-hybridized carbons (Fsp3) is 0.235. The van der Waals surface area contributed by atoms with Crippen molar-refractivity contribution in [3.05, 3.63) is 60.1 Å². The molecule has 4 nitrogen and oxygen atoms in total. The van der Waals surface area contributed by atoms with E-state index in [1.54, 1.807) is 24.7 Å². The molecule has 2 heterocycles. The molecule has 0 bridgehead atoms. The van der Waals surface area contributed by atoms with Gasteiger partial charge in [0.05, 0.1) is 18.6 Å². The fourth-order valence-electron chi connectivity index (χ4n) is 2.31. The number of nitrogens with zero attached hydrogens (tertiary/aromatic N) is 1. The van der Waals surface area contributed by atoms with Gasteiger partial charge in [-0.2, -0.15) is 0 Å². The third-order valence-electron chi connectivity index (χ3n) is 3.23. The number of aromatic nitrogens is 1. The maximum atomic E-state index is 10.6. The van der Waals surface area contributed by atoms with E-state index < -0.39 is 6.10 Å². The Balaban J connectivity index is 1.96. The lowest BCUT2D eigenvalue weighted by Crippen LogP contribution is -2.07. The van der Waals surface area contributed by atoms with Crippen molar-refractivity contribution in [2.45, 2.75) is 26.1 Å². The first kappa shape index (κ1) is 13.6. The van der Waals surface area contributed by atoms with Crippen molar-refractivity contribution in [3.63, 3.8) is 0 Å². The van der Waals surface area contributed by atoms with Crippen molar-refractivity contribution >= 4 is 11.0 Å². The molecule has 0 radical (unpaired) electrons. The van der Waals surface area contributed by atoms with E-state index in [-0.39, 0.29) is 6.10 Å². The maximum absolute atomic E-state index is 10.6. The lowest BCUT2D eigenvalue weighted by molar-refractivity contribution is 0.215. The molecule has 0 fully saturated rings. The van der Waals surface area contributed by atoms with E-state index in [1.807, 2.05) is 38.1 Å². The van der Waals surface area contributed by atoms with Crippen LogP contribution in [0.1, 0.15) is 31.1 Å². The number of hydrogen-bond acceptors (Lipinski definition) is 4. The third kappa shape index (κ3) is 2.76. The van der Waals surface area contributed by atoms with Gasteiger partial charge in [0.2, 0.25) is 0 Å². The molecular formula is C17H17NO3. The number of ether oxygens (including phenoxy) is 1. The first-order chi connectivity index (χ1) is 10.1. The molecule has 1 unspecified atom stereocenters. The van der Waals surface area contributed by atoms with Gasteiger partial charge in [-0.25, -0.2) is 0 Å². The molecule has 0 saturated carbocycles. The Morgan fingerprint density at radius 1 is 1.19 bits per heavy atom. The number of aliphatic hydroxyl groups is 1. The zero-order valence-electron chi connectivity index (χ0n) is 12.0. The average molecular weight is 283 g/mol. The van der Waals surface area contributed by atoms with Gasteiger partial charge in [0.1, 0.15) is 17.4 Å². The zero-order valence-corrected chi connectivity index (χ0v) is 12.0. The standard InChI is InChI=1S/C17H17NO3/c1-11(2)21-13-7-12(8-18-9-13)17(19)15-10-20-16-6-4-3-5-14(15)16/h3-11,17,19H,1-2H3. The molecule has 3 aromatic rings. The van der Waals surface area contributed by atoms with Crippen LogP contribution in [-0.2, 0) is 0 Å². The second-order valence-corrected chi connectivity index (χ2v) is 5.21. The SMILES string of the molecule is CC(C)Oc1cncc(C(O)c2coc3ccccc23)c1. The Morgan fingerprint density at radius 2 is 2.00 bits per heavy atom. The molecule has 0 saturated heterocycles. The van der Waals surface area contributed by atoms with Crippen LogP contribution in [0.2, 0.25) is 0 Å². The highest BCUT2D eigenvalue weighted by atomic mass is 16.5. The molecular weight excluding hydrogens is 266 g/mol. The Bertz CT molecular complexity index is 748. The number of hydrogen-bond donors (Lipinski definition) is 1. The van der Waals surface area contributed by atoms with Gasteiger partial charge in [-0.1, -0.05) is 18.2 Å². The highest BCUT2D eigenvalue weighted by Gasteiger charge is 2.17. The molecule has 4 heteroatoms. The van der Waals surface area contributed by atoms with Gasteiger partial charge in [-0.15, -0.1) is 0 Å². The molecule has 2 aromatic heterocycles. The molecule has 0 amide bonds. The number of benzene rings is 1. The minimum atomic E-state index is -0.795. The summed E-state index contributed by atoms with van der Waals surface area (Å²) < 4.78 is 11.1. The highest BCUT2D eigenvalue weighted by Crippen LogP contribution is 2.31. The minimum Gasteiger partial charge on any atom is -0.489 e. The van der Waals surface area contributed by atoms with Gasteiger partial charge in [-0.05, 0) is 26.0 Å². The Kier molecular flexibility index (Phi) is 3.62. The van der Waals surface area contributed by atoms with E-state index >= 15 is 0 Å². The van der Waals surface area contributed by atoms with E-state index in [1.165, 1.54) is 0 Å². The summed E-state index contributed by atoms with van der Waals surface area (Å²) >= 11 is 0. The molecule has 1 N–H and O–H groups in total. The molecule has 1 atom stereocenters. The predicted molar refractivity (Wildman–Crippen MR) is 80.3 cm³/mol. The fourth-order valence-corrected chi connectivity index (χ4v) is 2.31. The normalized spacial score (nSPS) is 12.8. The van der Waals surface area contributed by atoms with Gasteiger partial charge in [-0.3, -0.25) is 4.98 Å². The molecule has 0 aliphatic heterocycles. The molecule has 3 rings (SSSR count). The summed E-state index contributed by atoms with van der Waals surface area (Å²) in [6.07, 6.45) is 4.14. The van der Waals surface area contributed by atoms with Crippen LogP contribution in [0.5, 0.6) is 5.75 Å². The molecule has 0 aliphatic rings. The minimum absolute atomic E-state index is 0.0638. The lowest BCUT2D eigenvalue weighted by Gasteiger charge is -2.13. The van der Waals surface area contributed by atoms with Crippen molar-refractivity contribution in [3.8, 4) is 5.75 Å². The summed E-state index contributed by atoms with van der Waals surface area (Å²) in [6, 6.07) is 9.44. The predicted octanol–water partition coefficient (Wildman–Crippen LogP) is 3.70. The third-order valence-corrected chi connectivity index (χ3v) is 3.23. The largest absolute Gasteiger partial charge is 0.489 e. The number of pyridine rings is 1. The van der Waals surface area contributed by atoms with Crippen molar-refractivity contribution in [1.29, 1.82) is 0 Å². The molecule has 108 valence electrons.